The van der Waals surface area contributed by atoms with Crippen molar-refractivity contribution in [2.45, 2.75) is 44.9 Å². The molecule has 0 N–H and O–H groups in total. The highest BCUT2D eigenvalue weighted by molar-refractivity contribution is 6.06. The van der Waals surface area contributed by atoms with E-state index in [1.54, 1.807) is 6.08 Å². The lowest BCUT2D eigenvalue weighted by Crippen LogP contribution is -1.97. The molecule has 0 saturated heterocycles. The molecule has 2 nitrogen and oxygen atoms in total. The highest BCUT2D eigenvalue weighted by Gasteiger charge is 2.02. The zero-order valence-corrected chi connectivity index (χ0v) is 19.7. The second kappa shape index (κ2) is 13.9. The van der Waals surface area contributed by atoms with Gasteiger partial charge in [-0.05, 0) is 78.4 Å². The number of carbonyl (C=O) groups excluding carboxylic acids is 1. The van der Waals surface area contributed by atoms with Crippen LogP contribution < -0.4 is 4.74 Å². The number of aryl methyl sites for hydroxylation is 1. The Kier molecular flexibility index (Phi) is 10.3. The molecule has 0 unspecified atom stereocenters. The van der Waals surface area contributed by atoms with Gasteiger partial charge in [-0.3, -0.25) is 4.79 Å². The summed E-state index contributed by atoms with van der Waals surface area (Å²) in [5.74, 6) is 0.455. The third-order valence-corrected chi connectivity index (χ3v) is 5.78. The Morgan fingerprint density at radius 3 is 2.06 bits per heavy atom. The van der Waals surface area contributed by atoms with E-state index in [0.29, 0.717) is 5.56 Å². The van der Waals surface area contributed by atoms with Gasteiger partial charge < -0.3 is 4.74 Å². The first-order chi connectivity index (χ1) is 16.6. The second-order valence-electron chi connectivity index (χ2n) is 8.44. The number of carbonyl (C=O) groups is 1. The fourth-order valence-electron chi connectivity index (χ4n) is 3.71. The zero-order chi connectivity index (χ0) is 24.0. The number of halogens is 1. The summed E-state index contributed by atoms with van der Waals surface area (Å²) in [7, 11) is 0. The molecule has 0 fully saturated rings. The molecule has 3 aromatic rings. The summed E-state index contributed by atoms with van der Waals surface area (Å²) in [6.45, 7) is 4.53. The van der Waals surface area contributed by atoms with Crippen LogP contribution in [-0.4, -0.2) is 12.4 Å². The number of ether oxygens (including phenoxy) is 1. The van der Waals surface area contributed by atoms with E-state index in [2.05, 4.69) is 18.7 Å². The topological polar surface area (TPSA) is 26.3 Å². The average Bonchev–Trinajstić information content (AvgIpc) is 2.87. The number of benzene rings is 3. The molecule has 176 valence electrons. The summed E-state index contributed by atoms with van der Waals surface area (Å²) in [5.41, 5.74) is 3.89. The largest absolute Gasteiger partial charge is 0.494 e. The highest BCUT2D eigenvalue weighted by Crippen LogP contribution is 2.15. The van der Waals surface area contributed by atoms with Crippen LogP contribution >= 0.6 is 0 Å². The van der Waals surface area contributed by atoms with Crippen LogP contribution in [0.4, 0.5) is 4.39 Å². The van der Waals surface area contributed by atoms with Crippen molar-refractivity contribution in [3.8, 4) is 5.75 Å². The van der Waals surface area contributed by atoms with E-state index in [1.807, 2.05) is 42.5 Å². The van der Waals surface area contributed by atoms with Gasteiger partial charge >= 0.3 is 0 Å². The minimum atomic E-state index is -0.340. The van der Waals surface area contributed by atoms with Gasteiger partial charge in [-0.1, -0.05) is 80.8 Å². The van der Waals surface area contributed by atoms with E-state index < -0.39 is 0 Å². The number of hydrogen-bond acceptors (Lipinski definition) is 2. The maximum absolute atomic E-state index is 13.0. The van der Waals surface area contributed by atoms with Crippen LogP contribution in [0, 0.1) is 5.82 Å². The van der Waals surface area contributed by atoms with Crippen LogP contribution in [0.2, 0.25) is 0 Å². The van der Waals surface area contributed by atoms with Crippen molar-refractivity contribution in [1.82, 2.24) is 0 Å². The normalized spacial score (nSPS) is 11.0. The van der Waals surface area contributed by atoms with Crippen LogP contribution in [0.15, 0.2) is 85.5 Å². The summed E-state index contributed by atoms with van der Waals surface area (Å²) in [4.78, 5) is 12.1. The van der Waals surface area contributed by atoms with Crippen molar-refractivity contribution >= 4 is 17.9 Å². The van der Waals surface area contributed by atoms with E-state index in [4.69, 9.17) is 4.74 Å². The summed E-state index contributed by atoms with van der Waals surface area (Å²) in [6, 6.07) is 22.0. The molecule has 0 bridgehead atoms. The molecular formula is C31H33FO2. The Morgan fingerprint density at radius 2 is 1.38 bits per heavy atom. The molecule has 0 atom stereocenters. The maximum atomic E-state index is 13.0. The first-order valence-electron chi connectivity index (χ1n) is 12.1. The maximum Gasteiger partial charge on any atom is 0.185 e. The lowest BCUT2D eigenvalue weighted by Gasteiger charge is -2.06. The van der Waals surface area contributed by atoms with Crippen LogP contribution in [0.5, 0.6) is 5.75 Å². The minimum absolute atomic E-state index is 0.127. The first-order valence-corrected chi connectivity index (χ1v) is 12.1. The van der Waals surface area contributed by atoms with Crippen molar-refractivity contribution in [3.63, 3.8) is 0 Å². The van der Waals surface area contributed by atoms with E-state index >= 15 is 0 Å². The van der Waals surface area contributed by atoms with Crippen LogP contribution in [0.25, 0.3) is 12.2 Å². The number of allylic oxidation sites excluding steroid dienone is 1. The summed E-state index contributed by atoms with van der Waals surface area (Å²) in [6.07, 6.45) is 13.4. The van der Waals surface area contributed by atoms with E-state index in [0.717, 1.165) is 36.3 Å². The monoisotopic (exact) mass is 456 g/mol. The Morgan fingerprint density at radius 1 is 0.765 bits per heavy atom. The van der Waals surface area contributed by atoms with Crippen LogP contribution in [0.1, 0.15) is 65.6 Å². The predicted molar refractivity (Wildman–Crippen MR) is 140 cm³/mol. The lowest BCUT2D eigenvalue weighted by atomic mass is 10.0. The van der Waals surface area contributed by atoms with Gasteiger partial charge in [0, 0.05) is 5.56 Å². The molecule has 0 spiro atoms. The SMILES string of the molecule is C=Cc1ccc(OCCCCCCCCc2ccc(C=CC(=O)c3ccc(F)cc3)cc2)cc1. The molecule has 0 radical (unpaired) electrons. The summed E-state index contributed by atoms with van der Waals surface area (Å²) >= 11 is 0. The van der Waals surface area contributed by atoms with Gasteiger partial charge in [-0.2, -0.15) is 0 Å². The van der Waals surface area contributed by atoms with Gasteiger partial charge in [0.05, 0.1) is 6.61 Å². The van der Waals surface area contributed by atoms with Crippen molar-refractivity contribution < 1.29 is 13.9 Å². The van der Waals surface area contributed by atoms with E-state index in [1.165, 1.54) is 68.0 Å². The molecule has 0 saturated carbocycles. The molecule has 0 heterocycles. The Labute approximate surface area is 202 Å². The molecule has 0 aromatic heterocycles. The highest BCUT2D eigenvalue weighted by atomic mass is 19.1. The van der Waals surface area contributed by atoms with Crippen LogP contribution in [-0.2, 0) is 6.42 Å². The number of ketones is 1. The van der Waals surface area contributed by atoms with Crippen molar-refractivity contribution in [3.05, 3.63) is 114 Å². The minimum Gasteiger partial charge on any atom is -0.494 e. The first kappa shape index (κ1) is 25.2. The second-order valence-corrected chi connectivity index (χ2v) is 8.44. The molecule has 0 aliphatic heterocycles. The Hall–Kier alpha value is -3.46. The molecule has 0 amide bonds. The molecule has 0 aliphatic carbocycles. The molecule has 3 aromatic carbocycles. The number of unbranched alkanes of at least 4 members (excludes halogenated alkanes) is 5. The van der Waals surface area contributed by atoms with Crippen molar-refractivity contribution in [2.24, 2.45) is 0 Å². The van der Waals surface area contributed by atoms with Crippen molar-refractivity contribution in [2.75, 3.05) is 6.61 Å². The van der Waals surface area contributed by atoms with Gasteiger partial charge in [0.15, 0.2) is 5.78 Å². The summed E-state index contributed by atoms with van der Waals surface area (Å²) in [5, 5.41) is 0. The smallest absolute Gasteiger partial charge is 0.185 e. The quantitative estimate of drug-likeness (QED) is 0.138. The van der Waals surface area contributed by atoms with Gasteiger partial charge in [-0.25, -0.2) is 4.39 Å². The molecule has 0 aliphatic rings. The van der Waals surface area contributed by atoms with Gasteiger partial charge in [0.25, 0.3) is 0 Å². The van der Waals surface area contributed by atoms with Gasteiger partial charge in [0.2, 0.25) is 0 Å². The molecule has 3 rings (SSSR count). The fraction of sp³-hybridized carbons (Fsp3) is 0.258. The molecular weight excluding hydrogens is 423 g/mol. The number of hydrogen-bond donors (Lipinski definition) is 0. The van der Waals surface area contributed by atoms with Gasteiger partial charge in [-0.15, -0.1) is 0 Å². The third-order valence-electron chi connectivity index (χ3n) is 5.78. The van der Waals surface area contributed by atoms with E-state index in [9.17, 15) is 9.18 Å². The Balaban J connectivity index is 1.25. The molecule has 34 heavy (non-hydrogen) atoms. The lowest BCUT2D eigenvalue weighted by molar-refractivity contribution is 0.104. The Bertz CT molecular complexity index is 1050. The van der Waals surface area contributed by atoms with E-state index in [-0.39, 0.29) is 11.6 Å². The fourth-order valence-corrected chi connectivity index (χ4v) is 3.71. The third kappa shape index (κ3) is 8.82. The zero-order valence-electron chi connectivity index (χ0n) is 19.7. The van der Waals surface area contributed by atoms with Crippen LogP contribution in [0.3, 0.4) is 0 Å². The number of rotatable bonds is 14. The molecule has 3 heteroatoms. The van der Waals surface area contributed by atoms with Crippen molar-refractivity contribution in [1.29, 1.82) is 0 Å². The predicted octanol–water partition coefficient (Wildman–Crippen LogP) is 8.33. The standard InChI is InChI=1S/C31H33FO2/c1-2-25-14-21-30(22-15-25)34-24-8-6-4-3-5-7-9-26-10-12-27(13-11-26)16-23-31(33)28-17-19-29(32)20-18-28/h2,10-23H,1,3-9,24H2. The average molecular weight is 457 g/mol. The van der Waals surface area contributed by atoms with Gasteiger partial charge in [0.1, 0.15) is 11.6 Å². The summed E-state index contributed by atoms with van der Waals surface area (Å²) < 4.78 is 18.8.